The number of carbonyl (C=O) groups excluding carboxylic acids is 4. The van der Waals surface area contributed by atoms with E-state index in [1.54, 1.807) is 17.0 Å². The largest absolute Gasteiger partial charge is 0.354 e. The van der Waals surface area contributed by atoms with Gasteiger partial charge in [-0.2, -0.15) is 0 Å². The number of hydrogen-bond acceptors (Lipinski definition) is 4. The zero-order valence-electron chi connectivity index (χ0n) is 22.5. The van der Waals surface area contributed by atoms with Crippen molar-refractivity contribution < 1.29 is 19.2 Å². The van der Waals surface area contributed by atoms with Crippen LogP contribution in [0.15, 0.2) is 66.7 Å². The fourth-order valence-corrected chi connectivity index (χ4v) is 5.33. The van der Waals surface area contributed by atoms with Crippen LogP contribution in [0, 0.1) is 17.8 Å². The molecule has 1 aliphatic carbocycles. The molecule has 1 fully saturated rings. The average Bonchev–Trinajstić information content (AvgIpc) is 3.18. The fourth-order valence-electron chi connectivity index (χ4n) is 5.20. The van der Waals surface area contributed by atoms with Crippen LogP contribution in [-0.4, -0.2) is 52.6 Å². The summed E-state index contributed by atoms with van der Waals surface area (Å²) in [6.07, 6.45) is 5.27. The first-order chi connectivity index (χ1) is 18.7. The molecule has 206 valence electrons. The second kappa shape index (κ2) is 13.1. The van der Waals surface area contributed by atoms with E-state index < -0.39 is 6.04 Å². The lowest BCUT2D eigenvalue weighted by Gasteiger charge is -2.32. The lowest BCUT2D eigenvalue weighted by Crippen LogP contribution is -2.51. The van der Waals surface area contributed by atoms with Gasteiger partial charge in [-0.25, -0.2) is 0 Å². The van der Waals surface area contributed by atoms with Gasteiger partial charge >= 0.3 is 0 Å². The van der Waals surface area contributed by atoms with E-state index in [0.717, 1.165) is 11.1 Å². The molecule has 2 aromatic carbocycles. The van der Waals surface area contributed by atoms with Crippen LogP contribution in [-0.2, 0) is 32.1 Å². The quantitative estimate of drug-likeness (QED) is 0.332. The molecular formula is C31H36ClN3O4. The third-order valence-corrected chi connectivity index (χ3v) is 7.62. The molecule has 1 saturated heterocycles. The van der Waals surface area contributed by atoms with Crippen molar-refractivity contribution in [2.45, 2.75) is 52.1 Å². The highest BCUT2D eigenvalue weighted by molar-refractivity contribution is 6.30. The van der Waals surface area contributed by atoms with Gasteiger partial charge in [0, 0.05) is 37.5 Å². The Labute approximate surface area is 235 Å². The van der Waals surface area contributed by atoms with Crippen LogP contribution in [0.5, 0.6) is 0 Å². The number of nitrogens with zero attached hydrogens (tertiary/aromatic N) is 2. The fraction of sp³-hybridized carbons (Fsp3) is 0.419. The first-order valence-electron chi connectivity index (χ1n) is 13.6. The van der Waals surface area contributed by atoms with E-state index in [4.69, 9.17) is 11.6 Å². The summed E-state index contributed by atoms with van der Waals surface area (Å²) in [6.45, 7) is 4.72. The highest BCUT2D eigenvalue weighted by Crippen LogP contribution is 2.35. The SMILES string of the molecule is CC(C)CNC(=O)[C@H](Cc1ccccc1)N(Cc1ccc(Cl)cc1)C(=O)CCN1C(=O)[C@H]2CC=CC[C@H]2C1=O. The van der Waals surface area contributed by atoms with Crippen molar-refractivity contribution in [1.29, 1.82) is 0 Å². The molecule has 2 aliphatic rings. The highest BCUT2D eigenvalue weighted by Gasteiger charge is 2.47. The molecule has 0 radical (unpaired) electrons. The number of allylic oxidation sites excluding steroid dienone is 2. The van der Waals surface area contributed by atoms with Crippen LogP contribution in [0.4, 0.5) is 0 Å². The molecule has 4 amide bonds. The van der Waals surface area contributed by atoms with Crippen LogP contribution < -0.4 is 5.32 Å². The number of rotatable bonds is 11. The number of hydrogen-bond donors (Lipinski definition) is 1. The Kier molecular flexibility index (Phi) is 9.57. The Hall–Kier alpha value is -3.45. The molecule has 7 nitrogen and oxygen atoms in total. The minimum absolute atomic E-state index is 0.00624. The molecule has 0 aromatic heterocycles. The van der Waals surface area contributed by atoms with Gasteiger partial charge in [-0.05, 0) is 42.0 Å². The van der Waals surface area contributed by atoms with Crippen LogP contribution in [0.3, 0.4) is 0 Å². The summed E-state index contributed by atoms with van der Waals surface area (Å²) in [5.74, 6) is -1.37. The van der Waals surface area contributed by atoms with Crippen molar-refractivity contribution in [3.05, 3.63) is 82.9 Å². The van der Waals surface area contributed by atoms with Crippen LogP contribution >= 0.6 is 11.6 Å². The Morgan fingerprint density at radius 1 is 0.949 bits per heavy atom. The molecule has 0 saturated carbocycles. The van der Waals surface area contributed by atoms with Crippen LogP contribution in [0.1, 0.15) is 44.2 Å². The van der Waals surface area contributed by atoms with Crippen molar-refractivity contribution in [1.82, 2.24) is 15.1 Å². The summed E-state index contributed by atoms with van der Waals surface area (Å²) < 4.78 is 0. The first kappa shape index (κ1) is 28.6. The van der Waals surface area contributed by atoms with E-state index in [-0.39, 0.29) is 60.9 Å². The van der Waals surface area contributed by atoms with E-state index in [1.165, 1.54) is 4.90 Å². The van der Waals surface area contributed by atoms with Gasteiger partial charge in [0.15, 0.2) is 0 Å². The lowest BCUT2D eigenvalue weighted by molar-refractivity contribution is -0.144. The van der Waals surface area contributed by atoms with Crippen molar-refractivity contribution in [3.63, 3.8) is 0 Å². The molecule has 39 heavy (non-hydrogen) atoms. The predicted octanol–water partition coefficient (Wildman–Crippen LogP) is 4.39. The number of carbonyl (C=O) groups is 4. The standard InChI is InChI=1S/C31H36ClN3O4/c1-21(2)19-33-29(37)27(18-22-8-4-3-5-9-22)35(20-23-12-14-24(32)15-13-23)28(36)16-17-34-30(38)25-10-6-7-11-26(25)31(34)39/h3-9,12-15,21,25-27H,10-11,16-20H2,1-2H3,(H,33,37)/t25-,26+,27-/m0/s1. The van der Waals surface area contributed by atoms with E-state index in [9.17, 15) is 19.2 Å². The molecule has 8 heteroatoms. The van der Waals surface area contributed by atoms with E-state index in [2.05, 4.69) is 5.32 Å². The highest BCUT2D eigenvalue weighted by atomic mass is 35.5. The van der Waals surface area contributed by atoms with E-state index in [1.807, 2.05) is 68.5 Å². The predicted molar refractivity (Wildman–Crippen MR) is 150 cm³/mol. The molecule has 0 unspecified atom stereocenters. The van der Waals surface area contributed by atoms with Gasteiger partial charge < -0.3 is 10.2 Å². The Bertz CT molecular complexity index is 1190. The molecule has 3 atom stereocenters. The Morgan fingerprint density at radius 2 is 1.56 bits per heavy atom. The minimum atomic E-state index is -0.772. The normalized spacial score (nSPS) is 19.2. The van der Waals surface area contributed by atoms with Gasteiger partial charge in [0.25, 0.3) is 0 Å². The molecule has 1 N–H and O–H groups in total. The van der Waals surface area contributed by atoms with Gasteiger partial charge in [0.2, 0.25) is 23.6 Å². The number of amides is 4. The van der Waals surface area contributed by atoms with Crippen molar-refractivity contribution >= 4 is 35.2 Å². The molecule has 1 heterocycles. The molecule has 0 spiro atoms. The summed E-state index contributed by atoms with van der Waals surface area (Å²) in [4.78, 5) is 56.1. The summed E-state index contributed by atoms with van der Waals surface area (Å²) >= 11 is 6.09. The molecule has 4 rings (SSSR count). The maximum atomic E-state index is 13.8. The van der Waals surface area contributed by atoms with Crippen molar-refractivity contribution in [2.75, 3.05) is 13.1 Å². The van der Waals surface area contributed by atoms with E-state index in [0.29, 0.717) is 30.8 Å². The molecular weight excluding hydrogens is 514 g/mol. The summed E-state index contributed by atoms with van der Waals surface area (Å²) in [5, 5.41) is 3.58. The lowest BCUT2D eigenvalue weighted by atomic mass is 9.85. The topological polar surface area (TPSA) is 86.8 Å². The number of likely N-dealkylation sites (tertiary alicyclic amines) is 1. The maximum absolute atomic E-state index is 13.8. The number of nitrogens with one attached hydrogen (secondary N) is 1. The minimum Gasteiger partial charge on any atom is -0.354 e. The average molecular weight is 550 g/mol. The van der Waals surface area contributed by atoms with Gasteiger partial charge in [-0.15, -0.1) is 0 Å². The zero-order valence-corrected chi connectivity index (χ0v) is 23.3. The summed E-state index contributed by atoms with van der Waals surface area (Å²) in [5.41, 5.74) is 1.76. The molecule has 2 aromatic rings. The number of fused-ring (bicyclic) bond motifs is 1. The van der Waals surface area contributed by atoms with E-state index >= 15 is 0 Å². The van der Waals surface area contributed by atoms with Crippen LogP contribution in [0.2, 0.25) is 5.02 Å². The summed E-state index contributed by atoms with van der Waals surface area (Å²) in [6, 6.07) is 16.0. The zero-order chi connectivity index (χ0) is 27.9. The second-order valence-corrected chi connectivity index (χ2v) is 11.2. The second-order valence-electron chi connectivity index (χ2n) is 10.7. The number of benzene rings is 2. The van der Waals surface area contributed by atoms with Gasteiger partial charge in [0.05, 0.1) is 11.8 Å². The Balaban J connectivity index is 1.57. The van der Waals surface area contributed by atoms with Crippen LogP contribution in [0.25, 0.3) is 0 Å². The summed E-state index contributed by atoms with van der Waals surface area (Å²) in [7, 11) is 0. The van der Waals surface area contributed by atoms with Gasteiger partial charge in [-0.1, -0.05) is 80.1 Å². The molecule has 0 bridgehead atoms. The Morgan fingerprint density at radius 3 is 2.15 bits per heavy atom. The van der Waals surface area contributed by atoms with Gasteiger partial charge in [0.1, 0.15) is 6.04 Å². The van der Waals surface area contributed by atoms with Crippen molar-refractivity contribution in [3.8, 4) is 0 Å². The monoisotopic (exact) mass is 549 g/mol. The number of halogens is 1. The number of imide groups is 1. The third-order valence-electron chi connectivity index (χ3n) is 7.37. The van der Waals surface area contributed by atoms with Gasteiger partial charge in [-0.3, -0.25) is 24.1 Å². The molecule has 1 aliphatic heterocycles. The first-order valence-corrected chi connectivity index (χ1v) is 14.0. The smallest absolute Gasteiger partial charge is 0.243 e. The maximum Gasteiger partial charge on any atom is 0.243 e. The van der Waals surface area contributed by atoms with Crippen molar-refractivity contribution in [2.24, 2.45) is 17.8 Å². The third kappa shape index (κ3) is 7.15.